The molecule has 3 aromatic rings. The maximum atomic E-state index is 11.9. The zero-order valence-corrected chi connectivity index (χ0v) is 17.5. The number of ether oxygens (including phenoxy) is 2. The average Bonchev–Trinajstić information content (AvgIpc) is 2.78. The molecule has 2 N–H and O–H groups in total. The zero-order valence-electron chi connectivity index (χ0n) is 17.5. The van der Waals surface area contributed by atoms with Crippen molar-refractivity contribution in [2.75, 3.05) is 24.9 Å². The molecular weight excluding hydrogens is 382 g/mol. The van der Waals surface area contributed by atoms with E-state index in [1.54, 1.807) is 37.7 Å². The molecule has 0 aliphatic carbocycles. The predicted octanol–water partition coefficient (Wildman–Crippen LogP) is 4.29. The van der Waals surface area contributed by atoms with Crippen molar-refractivity contribution < 1.29 is 14.3 Å². The highest BCUT2D eigenvalue weighted by Gasteiger charge is 2.14. The molecule has 0 fully saturated rings. The molecule has 0 saturated carbocycles. The molecule has 30 heavy (non-hydrogen) atoms. The summed E-state index contributed by atoms with van der Waals surface area (Å²) in [6, 6.07) is 10.8. The van der Waals surface area contributed by atoms with Crippen molar-refractivity contribution in [1.82, 2.24) is 15.0 Å². The van der Waals surface area contributed by atoms with Crippen LogP contribution in [0, 0.1) is 0 Å². The standard InChI is InChI=1S/C22H25N5O3/c1-5-14(2)24-22-26-17(16-7-6-10-23-13-16)12-20(27-22)25-18-11-15(21(28)30-4)8-9-19(18)29-3/h6-14H,5H2,1-4H3,(H2,24,25,26,27)/t14-/m0/s1. The summed E-state index contributed by atoms with van der Waals surface area (Å²) in [5.41, 5.74) is 2.57. The SMILES string of the molecule is CC[C@H](C)Nc1nc(Nc2cc(C(=O)OC)ccc2OC)cc(-c2cccnc2)n1. The van der Waals surface area contributed by atoms with Crippen LogP contribution in [-0.2, 0) is 4.74 Å². The molecule has 0 radical (unpaired) electrons. The molecule has 3 rings (SSSR count). The van der Waals surface area contributed by atoms with Crippen molar-refractivity contribution in [3.63, 3.8) is 0 Å². The van der Waals surface area contributed by atoms with Crippen LogP contribution in [0.1, 0.15) is 30.6 Å². The van der Waals surface area contributed by atoms with Gasteiger partial charge in [-0.3, -0.25) is 4.98 Å². The van der Waals surface area contributed by atoms with Crippen molar-refractivity contribution in [3.05, 3.63) is 54.4 Å². The van der Waals surface area contributed by atoms with Gasteiger partial charge in [-0.25, -0.2) is 9.78 Å². The number of hydrogen-bond acceptors (Lipinski definition) is 8. The second kappa shape index (κ2) is 9.69. The Bertz CT molecular complexity index is 1010. The Morgan fingerprint density at radius 2 is 2.00 bits per heavy atom. The molecular formula is C22H25N5O3. The minimum atomic E-state index is -0.432. The summed E-state index contributed by atoms with van der Waals surface area (Å²) in [6.07, 6.45) is 4.39. The molecule has 1 aromatic carbocycles. The molecule has 8 heteroatoms. The molecule has 2 heterocycles. The average molecular weight is 407 g/mol. The minimum absolute atomic E-state index is 0.208. The minimum Gasteiger partial charge on any atom is -0.495 e. The Morgan fingerprint density at radius 1 is 1.17 bits per heavy atom. The lowest BCUT2D eigenvalue weighted by molar-refractivity contribution is 0.0600. The Kier molecular flexibility index (Phi) is 6.79. The summed E-state index contributed by atoms with van der Waals surface area (Å²) in [6.45, 7) is 4.15. The second-order valence-electron chi connectivity index (χ2n) is 6.69. The van der Waals surface area contributed by atoms with Gasteiger partial charge in [-0.15, -0.1) is 0 Å². The van der Waals surface area contributed by atoms with Crippen molar-refractivity contribution in [2.24, 2.45) is 0 Å². The maximum Gasteiger partial charge on any atom is 0.337 e. The fourth-order valence-corrected chi connectivity index (χ4v) is 2.75. The second-order valence-corrected chi connectivity index (χ2v) is 6.69. The number of esters is 1. The predicted molar refractivity (Wildman–Crippen MR) is 116 cm³/mol. The number of anilines is 3. The third-order valence-corrected chi connectivity index (χ3v) is 4.55. The Hall–Kier alpha value is -3.68. The number of carbonyl (C=O) groups is 1. The van der Waals surface area contributed by atoms with Gasteiger partial charge in [-0.1, -0.05) is 6.92 Å². The van der Waals surface area contributed by atoms with Crippen LogP contribution in [0.25, 0.3) is 11.3 Å². The summed E-state index contributed by atoms with van der Waals surface area (Å²) < 4.78 is 10.2. The van der Waals surface area contributed by atoms with Crippen LogP contribution in [0.5, 0.6) is 5.75 Å². The van der Waals surface area contributed by atoms with Crippen LogP contribution in [0.3, 0.4) is 0 Å². The van der Waals surface area contributed by atoms with Gasteiger partial charge in [-0.2, -0.15) is 4.98 Å². The quantitative estimate of drug-likeness (QED) is 0.534. The normalized spacial score (nSPS) is 11.5. The molecule has 2 aromatic heterocycles. The Balaban J connectivity index is 2.02. The molecule has 0 aliphatic rings. The van der Waals surface area contributed by atoms with Crippen molar-refractivity contribution in [3.8, 4) is 17.0 Å². The van der Waals surface area contributed by atoms with E-state index < -0.39 is 5.97 Å². The Morgan fingerprint density at radius 3 is 2.67 bits per heavy atom. The lowest BCUT2D eigenvalue weighted by Gasteiger charge is -2.16. The van der Waals surface area contributed by atoms with Gasteiger partial charge in [0.25, 0.3) is 0 Å². The molecule has 0 aliphatic heterocycles. The van der Waals surface area contributed by atoms with Gasteiger partial charge in [-0.05, 0) is 43.7 Å². The van der Waals surface area contributed by atoms with E-state index >= 15 is 0 Å². The highest BCUT2D eigenvalue weighted by atomic mass is 16.5. The lowest BCUT2D eigenvalue weighted by Crippen LogP contribution is -2.16. The van der Waals surface area contributed by atoms with Crippen molar-refractivity contribution >= 4 is 23.4 Å². The summed E-state index contributed by atoms with van der Waals surface area (Å²) in [7, 11) is 2.91. The summed E-state index contributed by atoms with van der Waals surface area (Å²) >= 11 is 0. The van der Waals surface area contributed by atoms with Crippen LogP contribution < -0.4 is 15.4 Å². The topological polar surface area (TPSA) is 98.3 Å². The molecule has 156 valence electrons. The molecule has 1 atom stereocenters. The van der Waals surface area contributed by atoms with E-state index in [9.17, 15) is 4.79 Å². The molecule has 8 nitrogen and oxygen atoms in total. The first kappa shape index (κ1) is 21.0. The number of nitrogens with one attached hydrogen (secondary N) is 2. The number of methoxy groups -OCH3 is 2. The number of rotatable bonds is 8. The van der Waals surface area contributed by atoms with E-state index in [1.807, 2.05) is 18.2 Å². The highest BCUT2D eigenvalue weighted by molar-refractivity contribution is 5.91. The van der Waals surface area contributed by atoms with Gasteiger partial charge in [0.15, 0.2) is 0 Å². The monoisotopic (exact) mass is 407 g/mol. The summed E-state index contributed by atoms with van der Waals surface area (Å²) in [4.78, 5) is 25.3. The lowest BCUT2D eigenvalue weighted by atomic mass is 10.1. The fraction of sp³-hybridized carbons (Fsp3) is 0.273. The smallest absolute Gasteiger partial charge is 0.337 e. The van der Waals surface area contributed by atoms with Crippen molar-refractivity contribution in [1.29, 1.82) is 0 Å². The van der Waals surface area contributed by atoms with E-state index in [0.29, 0.717) is 28.8 Å². The zero-order chi connectivity index (χ0) is 21.5. The molecule has 0 saturated heterocycles. The number of pyridine rings is 1. The van der Waals surface area contributed by atoms with E-state index in [4.69, 9.17) is 9.47 Å². The maximum absolute atomic E-state index is 11.9. The molecule has 0 bridgehead atoms. The number of nitrogens with zero attached hydrogens (tertiary/aromatic N) is 3. The van der Waals surface area contributed by atoms with E-state index in [2.05, 4.69) is 39.4 Å². The van der Waals surface area contributed by atoms with Crippen LogP contribution in [0.2, 0.25) is 0 Å². The van der Waals surface area contributed by atoms with Crippen molar-refractivity contribution in [2.45, 2.75) is 26.3 Å². The highest BCUT2D eigenvalue weighted by Crippen LogP contribution is 2.30. The first-order valence-electron chi connectivity index (χ1n) is 9.63. The van der Waals surface area contributed by atoms with Crippen LogP contribution >= 0.6 is 0 Å². The van der Waals surface area contributed by atoms with Gasteiger partial charge in [0.2, 0.25) is 5.95 Å². The number of aromatic nitrogens is 3. The summed E-state index contributed by atoms with van der Waals surface area (Å²) in [5, 5.41) is 6.55. The van der Waals surface area contributed by atoms with Gasteiger partial charge in [0.1, 0.15) is 11.6 Å². The summed E-state index contributed by atoms with van der Waals surface area (Å²) in [5.74, 6) is 1.19. The first-order chi connectivity index (χ1) is 14.5. The van der Waals surface area contributed by atoms with E-state index in [1.165, 1.54) is 7.11 Å². The number of hydrogen-bond donors (Lipinski definition) is 2. The van der Waals surface area contributed by atoms with Crippen LogP contribution in [0.4, 0.5) is 17.5 Å². The largest absolute Gasteiger partial charge is 0.495 e. The van der Waals surface area contributed by atoms with Gasteiger partial charge in [0, 0.05) is 30.1 Å². The van der Waals surface area contributed by atoms with Gasteiger partial charge >= 0.3 is 5.97 Å². The molecule has 0 unspecified atom stereocenters. The fourth-order valence-electron chi connectivity index (χ4n) is 2.75. The third kappa shape index (κ3) is 5.02. The van der Waals surface area contributed by atoms with Crippen LogP contribution in [-0.4, -0.2) is 41.2 Å². The van der Waals surface area contributed by atoms with Gasteiger partial charge < -0.3 is 20.1 Å². The Labute approximate surface area is 175 Å². The first-order valence-corrected chi connectivity index (χ1v) is 9.63. The molecule has 0 spiro atoms. The number of carbonyl (C=O) groups excluding carboxylic acids is 1. The van der Waals surface area contributed by atoms with Gasteiger partial charge in [0.05, 0.1) is 31.2 Å². The number of benzene rings is 1. The van der Waals surface area contributed by atoms with E-state index in [-0.39, 0.29) is 6.04 Å². The van der Waals surface area contributed by atoms with E-state index in [0.717, 1.165) is 17.7 Å². The molecule has 0 amide bonds. The van der Waals surface area contributed by atoms with Crippen LogP contribution in [0.15, 0.2) is 48.8 Å². The third-order valence-electron chi connectivity index (χ3n) is 4.55.